The number of rotatable bonds is 9. The van der Waals surface area contributed by atoms with Crippen molar-refractivity contribution in [3.8, 4) is 5.69 Å². The summed E-state index contributed by atoms with van der Waals surface area (Å²) in [6.07, 6.45) is 1.76. The number of hydrogen-bond donors (Lipinski definition) is 1. The van der Waals surface area contributed by atoms with Crippen LogP contribution in [0.4, 0.5) is 0 Å². The van der Waals surface area contributed by atoms with Gasteiger partial charge in [0, 0.05) is 23.7 Å². The van der Waals surface area contributed by atoms with Crippen LogP contribution in [0.25, 0.3) is 5.69 Å². The van der Waals surface area contributed by atoms with Gasteiger partial charge in [-0.1, -0.05) is 65.5 Å². The second-order valence-corrected chi connectivity index (χ2v) is 8.64. The van der Waals surface area contributed by atoms with Gasteiger partial charge in [-0.15, -0.1) is 5.10 Å². The van der Waals surface area contributed by atoms with Crippen LogP contribution in [0.1, 0.15) is 39.6 Å². The summed E-state index contributed by atoms with van der Waals surface area (Å²) in [6.45, 7) is 4.46. The highest BCUT2D eigenvalue weighted by molar-refractivity contribution is 7.98. The summed E-state index contributed by atoms with van der Waals surface area (Å²) in [5.41, 5.74) is 4.98. The lowest BCUT2D eigenvalue weighted by Gasteiger charge is -2.09. The first-order valence-corrected chi connectivity index (χ1v) is 11.9. The number of carbonyl (C=O) groups is 1. The Hall–Kier alpha value is -3.52. The number of thioether (sulfide) groups is 1. The number of nitrogens with zero attached hydrogens (tertiary/aromatic N) is 5. The molecular weight excluding hydrogens is 432 g/mol. The van der Waals surface area contributed by atoms with E-state index in [4.69, 9.17) is 0 Å². The molecule has 0 unspecified atom stereocenters. The number of hydrogen-bond acceptors (Lipinski definition) is 6. The first-order valence-electron chi connectivity index (χ1n) is 10.9. The van der Waals surface area contributed by atoms with Crippen LogP contribution in [0.15, 0.2) is 71.9 Å². The Morgan fingerprint density at radius 3 is 2.33 bits per heavy atom. The van der Waals surface area contributed by atoms with Crippen LogP contribution >= 0.6 is 11.8 Å². The van der Waals surface area contributed by atoms with Gasteiger partial charge >= 0.3 is 0 Å². The SMILES string of the molecule is Cc1cc(C)nc(SCc2c(C(=O)NCCCc3ccccc3)nnn2-c2ccccc2)n1. The van der Waals surface area contributed by atoms with Crippen molar-refractivity contribution in [3.63, 3.8) is 0 Å². The molecule has 2 aromatic heterocycles. The molecule has 2 aromatic carbocycles. The van der Waals surface area contributed by atoms with Crippen molar-refractivity contribution >= 4 is 17.7 Å². The first-order chi connectivity index (χ1) is 16.1. The fourth-order valence-electron chi connectivity index (χ4n) is 3.50. The fraction of sp³-hybridized carbons (Fsp3) is 0.240. The van der Waals surface area contributed by atoms with Gasteiger partial charge < -0.3 is 5.32 Å². The van der Waals surface area contributed by atoms with Crippen molar-refractivity contribution in [1.82, 2.24) is 30.3 Å². The van der Waals surface area contributed by atoms with Gasteiger partial charge in [0.25, 0.3) is 5.91 Å². The van der Waals surface area contributed by atoms with Crippen molar-refractivity contribution in [1.29, 1.82) is 0 Å². The lowest BCUT2D eigenvalue weighted by molar-refractivity contribution is 0.0947. The van der Waals surface area contributed by atoms with Crippen LogP contribution in [0, 0.1) is 13.8 Å². The highest BCUT2D eigenvalue weighted by atomic mass is 32.2. The Kier molecular flexibility index (Phi) is 7.47. The van der Waals surface area contributed by atoms with E-state index in [9.17, 15) is 4.79 Å². The minimum Gasteiger partial charge on any atom is -0.351 e. The number of amides is 1. The van der Waals surface area contributed by atoms with E-state index in [0.29, 0.717) is 23.1 Å². The monoisotopic (exact) mass is 458 g/mol. The molecule has 0 saturated carbocycles. The molecule has 0 spiro atoms. The third-order valence-electron chi connectivity index (χ3n) is 5.05. The predicted octanol–water partition coefficient (Wildman–Crippen LogP) is 4.33. The number of nitrogens with one attached hydrogen (secondary N) is 1. The maximum Gasteiger partial charge on any atom is 0.273 e. The van der Waals surface area contributed by atoms with Crippen molar-refractivity contribution in [3.05, 3.63) is 95.1 Å². The molecule has 4 rings (SSSR count). The number of para-hydroxylation sites is 1. The second-order valence-electron chi connectivity index (χ2n) is 7.70. The Morgan fingerprint density at radius 1 is 0.970 bits per heavy atom. The Morgan fingerprint density at radius 2 is 1.64 bits per heavy atom. The molecule has 8 heteroatoms. The number of aromatic nitrogens is 5. The van der Waals surface area contributed by atoms with Crippen LogP contribution in [-0.4, -0.2) is 37.4 Å². The predicted molar refractivity (Wildman–Crippen MR) is 130 cm³/mol. The zero-order chi connectivity index (χ0) is 23.0. The maximum absolute atomic E-state index is 13.0. The highest BCUT2D eigenvalue weighted by Gasteiger charge is 2.21. The van der Waals surface area contributed by atoms with Gasteiger partial charge in [-0.3, -0.25) is 4.79 Å². The molecule has 0 bridgehead atoms. The van der Waals surface area contributed by atoms with Gasteiger partial charge in [-0.2, -0.15) is 0 Å². The standard InChI is InChI=1S/C25H26N6OS/c1-18-16-19(2)28-25(27-18)33-17-22-23(29-30-31(22)21-13-7-4-8-14-21)24(32)26-15-9-12-20-10-5-3-6-11-20/h3-8,10-11,13-14,16H,9,12,15,17H2,1-2H3,(H,26,32). The molecule has 2 heterocycles. The van der Waals surface area contributed by atoms with Gasteiger partial charge in [-0.05, 0) is 50.5 Å². The smallest absolute Gasteiger partial charge is 0.273 e. The molecule has 168 valence electrons. The highest BCUT2D eigenvalue weighted by Crippen LogP contribution is 2.23. The Bertz CT molecular complexity index is 1190. The van der Waals surface area contributed by atoms with Crippen LogP contribution in [0.5, 0.6) is 0 Å². The largest absolute Gasteiger partial charge is 0.351 e. The van der Waals surface area contributed by atoms with Crippen LogP contribution < -0.4 is 5.32 Å². The van der Waals surface area contributed by atoms with Gasteiger partial charge in [0.2, 0.25) is 0 Å². The third-order valence-corrected chi connectivity index (χ3v) is 5.91. The molecule has 4 aromatic rings. The molecule has 0 aliphatic heterocycles. The van der Waals surface area contributed by atoms with Crippen LogP contribution in [0.2, 0.25) is 0 Å². The minimum atomic E-state index is -0.220. The average molecular weight is 459 g/mol. The number of carbonyl (C=O) groups excluding carboxylic acids is 1. The van der Waals surface area contributed by atoms with E-state index >= 15 is 0 Å². The van der Waals surface area contributed by atoms with Crippen molar-refractivity contribution in [2.24, 2.45) is 0 Å². The average Bonchev–Trinajstić information content (AvgIpc) is 3.25. The molecule has 7 nitrogen and oxygen atoms in total. The van der Waals surface area contributed by atoms with Crippen LogP contribution in [0.3, 0.4) is 0 Å². The molecule has 1 amide bonds. The zero-order valence-corrected chi connectivity index (χ0v) is 19.5. The third kappa shape index (κ3) is 6.04. The molecule has 0 radical (unpaired) electrons. The summed E-state index contributed by atoms with van der Waals surface area (Å²) >= 11 is 1.47. The lowest BCUT2D eigenvalue weighted by atomic mass is 10.1. The van der Waals surface area contributed by atoms with E-state index in [1.54, 1.807) is 4.68 Å². The lowest BCUT2D eigenvalue weighted by Crippen LogP contribution is -2.26. The molecule has 0 saturated heterocycles. The van der Waals surface area contributed by atoms with Gasteiger partial charge in [0.1, 0.15) is 0 Å². The van der Waals surface area contributed by atoms with Crippen molar-refractivity contribution < 1.29 is 4.79 Å². The van der Waals surface area contributed by atoms with E-state index < -0.39 is 0 Å². The maximum atomic E-state index is 13.0. The van der Waals surface area contributed by atoms with Gasteiger partial charge in [-0.25, -0.2) is 14.6 Å². The molecule has 1 N–H and O–H groups in total. The summed E-state index contributed by atoms with van der Waals surface area (Å²) in [4.78, 5) is 22.0. The molecule has 0 fully saturated rings. The quantitative estimate of drug-likeness (QED) is 0.228. The number of benzene rings is 2. The normalized spacial score (nSPS) is 10.8. The van der Waals surface area contributed by atoms with Crippen molar-refractivity contribution in [2.45, 2.75) is 37.6 Å². The van der Waals surface area contributed by atoms with E-state index in [1.165, 1.54) is 17.3 Å². The van der Waals surface area contributed by atoms with E-state index in [-0.39, 0.29) is 5.91 Å². The van der Waals surface area contributed by atoms with E-state index in [2.05, 4.69) is 37.7 Å². The fourth-order valence-corrected chi connectivity index (χ4v) is 4.44. The summed E-state index contributed by atoms with van der Waals surface area (Å²) in [6, 6.07) is 21.9. The first kappa shape index (κ1) is 22.7. The molecule has 33 heavy (non-hydrogen) atoms. The zero-order valence-electron chi connectivity index (χ0n) is 18.7. The second kappa shape index (κ2) is 10.9. The molecule has 0 atom stereocenters. The van der Waals surface area contributed by atoms with Gasteiger partial charge in [0.15, 0.2) is 10.9 Å². The molecule has 0 aliphatic rings. The number of aryl methyl sites for hydroxylation is 3. The minimum absolute atomic E-state index is 0.220. The topological polar surface area (TPSA) is 85.6 Å². The molecular formula is C25H26N6OS. The summed E-state index contributed by atoms with van der Waals surface area (Å²) in [5, 5.41) is 12.2. The Balaban J connectivity index is 1.49. The van der Waals surface area contributed by atoms with Gasteiger partial charge in [0.05, 0.1) is 11.4 Å². The van der Waals surface area contributed by atoms with Crippen molar-refractivity contribution in [2.75, 3.05) is 6.54 Å². The Labute approximate surface area is 197 Å². The summed E-state index contributed by atoms with van der Waals surface area (Å²) in [5.74, 6) is 0.250. The summed E-state index contributed by atoms with van der Waals surface area (Å²) < 4.78 is 1.72. The molecule has 0 aliphatic carbocycles. The van der Waals surface area contributed by atoms with E-state index in [1.807, 2.05) is 68.4 Å². The summed E-state index contributed by atoms with van der Waals surface area (Å²) in [7, 11) is 0. The van der Waals surface area contributed by atoms with Crippen LogP contribution in [-0.2, 0) is 12.2 Å². The van der Waals surface area contributed by atoms with E-state index in [0.717, 1.165) is 35.6 Å².